The van der Waals surface area contributed by atoms with Gasteiger partial charge in [-0.25, -0.2) is 19.3 Å². The molecule has 15 heteroatoms. The van der Waals surface area contributed by atoms with Gasteiger partial charge in [0, 0.05) is 29.7 Å². The van der Waals surface area contributed by atoms with Crippen molar-refractivity contribution in [3.05, 3.63) is 60.0 Å². The highest BCUT2D eigenvalue weighted by molar-refractivity contribution is 8.00. The van der Waals surface area contributed by atoms with Gasteiger partial charge in [-0.2, -0.15) is 0 Å². The molecule has 2 aromatic heterocycles. The van der Waals surface area contributed by atoms with Crippen LogP contribution in [0, 0.1) is 0 Å². The van der Waals surface area contributed by atoms with Crippen LogP contribution in [0.25, 0.3) is 0 Å². The number of thioether (sulfide) groups is 2. The number of aromatic nitrogens is 3. The SMILES string of the molecule is CSCO/N=C(\C(=O)NC1C(=O)N2C(C(=O)O)=C(C[n+]3ccccc3)CS[C@H]12)c1nccc(NC=O)n1. The lowest BCUT2D eigenvalue weighted by Crippen LogP contribution is -2.71. The van der Waals surface area contributed by atoms with E-state index in [0.717, 1.165) is 0 Å². The Bertz CT molecular complexity index is 1270. The van der Waals surface area contributed by atoms with Crippen molar-refractivity contribution in [3.8, 4) is 0 Å². The normalized spacial score (nSPS) is 19.0. The predicted octanol–water partition coefficient (Wildman–Crippen LogP) is -0.188. The Morgan fingerprint density at radius 2 is 2.16 bits per heavy atom. The number of amides is 3. The molecule has 4 heterocycles. The van der Waals surface area contributed by atoms with E-state index in [2.05, 4.69) is 25.8 Å². The van der Waals surface area contributed by atoms with Crippen LogP contribution >= 0.6 is 23.5 Å². The van der Waals surface area contributed by atoms with Crippen molar-refractivity contribution in [1.29, 1.82) is 0 Å². The average molecular weight is 545 g/mol. The summed E-state index contributed by atoms with van der Waals surface area (Å²) in [4.78, 5) is 63.5. The fraction of sp³-hybridized carbons (Fsp3) is 0.273. The molecule has 37 heavy (non-hydrogen) atoms. The maximum atomic E-state index is 13.1. The molecule has 4 rings (SSSR count). The number of pyridine rings is 1. The van der Waals surface area contributed by atoms with Gasteiger partial charge in [0.05, 0.1) is 0 Å². The number of hydrogen-bond acceptors (Lipinski definition) is 10. The van der Waals surface area contributed by atoms with E-state index in [0.29, 0.717) is 24.3 Å². The van der Waals surface area contributed by atoms with E-state index in [1.54, 1.807) is 6.26 Å². The van der Waals surface area contributed by atoms with Crippen LogP contribution in [-0.4, -0.2) is 79.2 Å². The highest BCUT2D eigenvalue weighted by atomic mass is 32.2. The summed E-state index contributed by atoms with van der Waals surface area (Å²) in [7, 11) is 0. The number of hydrogen-bond donors (Lipinski definition) is 3. The molecule has 3 N–H and O–H groups in total. The van der Waals surface area contributed by atoms with Gasteiger partial charge >= 0.3 is 5.97 Å². The first-order valence-electron chi connectivity index (χ1n) is 10.8. The molecule has 2 aliphatic rings. The number of oxime groups is 1. The Hall–Kier alpha value is -3.98. The first-order chi connectivity index (χ1) is 17.9. The van der Waals surface area contributed by atoms with Crippen LogP contribution in [0.5, 0.6) is 0 Å². The lowest BCUT2D eigenvalue weighted by Gasteiger charge is -2.49. The Morgan fingerprint density at radius 1 is 1.38 bits per heavy atom. The molecule has 0 spiro atoms. The van der Waals surface area contributed by atoms with E-state index in [-0.39, 0.29) is 29.0 Å². The van der Waals surface area contributed by atoms with Gasteiger partial charge in [0.15, 0.2) is 30.7 Å². The van der Waals surface area contributed by atoms with E-state index in [1.807, 2.05) is 35.2 Å². The van der Waals surface area contributed by atoms with Crippen molar-refractivity contribution >= 4 is 59.2 Å². The Labute approximate surface area is 219 Å². The number of carboxylic acid groups (broad SMARTS) is 1. The monoisotopic (exact) mass is 544 g/mol. The summed E-state index contributed by atoms with van der Waals surface area (Å²) in [5.74, 6) is -2.03. The highest BCUT2D eigenvalue weighted by Crippen LogP contribution is 2.40. The van der Waals surface area contributed by atoms with Gasteiger partial charge in [0.25, 0.3) is 11.8 Å². The molecule has 2 atom stereocenters. The number of rotatable bonds is 11. The summed E-state index contributed by atoms with van der Waals surface area (Å²) in [6.07, 6.45) is 7.15. The van der Waals surface area contributed by atoms with Crippen LogP contribution in [0.4, 0.5) is 5.82 Å². The standard InChI is InChI=1S/C22H21N7O6S2/c1-36-12-35-27-15(18-23-6-5-14(25-18)24-11-30)19(31)26-16-20(32)29-17(22(33)34)13(10-37-21(16)29)9-28-7-3-2-4-8-28/h2-8,11,16,21H,9-10,12H2,1H3,(H2-,23,24,25,26,30,31,33,34)/p+1/b27-15-/t16?,21-/m1/s1. The molecule has 13 nitrogen and oxygen atoms in total. The first-order valence-corrected chi connectivity index (χ1v) is 13.3. The van der Waals surface area contributed by atoms with Crippen molar-refractivity contribution < 1.29 is 33.7 Å². The second-order valence-electron chi connectivity index (χ2n) is 7.67. The van der Waals surface area contributed by atoms with Crippen molar-refractivity contribution in [3.63, 3.8) is 0 Å². The number of fused-ring (bicyclic) bond motifs is 1. The van der Waals surface area contributed by atoms with Gasteiger partial charge in [0.2, 0.25) is 12.1 Å². The third kappa shape index (κ3) is 5.72. The average Bonchev–Trinajstić information content (AvgIpc) is 2.90. The lowest BCUT2D eigenvalue weighted by molar-refractivity contribution is -0.689. The van der Waals surface area contributed by atoms with Gasteiger partial charge in [-0.15, -0.1) is 23.5 Å². The van der Waals surface area contributed by atoms with E-state index in [9.17, 15) is 24.3 Å². The topological polar surface area (TPSA) is 167 Å². The molecule has 2 aliphatic heterocycles. The summed E-state index contributed by atoms with van der Waals surface area (Å²) >= 11 is 2.68. The van der Waals surface area contributed by atoms with E-state index < -0.39 is 29.2 Å². The summed E-state index contributed by atoms with van der Waals surface area (Å²) in [6.45, 7) is 0.315. The third-order valence-corrected chi connectivity index (χ3v) is 6.98. The lowest BCUT2D eigenvalue weighted by atomic mass is 10.0. The van der Waals surface area contributed by atoms with Gasteiger partial charge in [-0.3, -0.25) is 19.3 Å². The molecule has 1 saturated heterocycles. The zero-order valence-corrected chi connectivity index (χ0v) is 21.1. The highest BCUT2D eigenvalue weighted by Gasteiger charge is 2.54. The Morgan fingerprint density at radius 3 is 2.86 bits per heavy atom. The van der Waals surface area contributed by atoms with Crippen LogP contribution < -0.4 is 15.2 Å². The molecular weight excluding hydrogens is 522 g/mol. The van der Waals surface area contributed by atoms with Crippen molar-refractivity contribution in [2.75, 3.05) is 23.3 Å². The number of carbonyl (C=O) groups excluding carboxylic acids is 3. The molecule has 192 valence electrons. The number of β-lactam (4-membered cyclic amide) rings is 1. The zero-order valence-electron chi connectivity index (χ0n) is 19.4. The number of carbonyl (C=O) groups is 4. The molecule has 3 amide bonds. The van der Waals surface area contributed by atoms with Crippen LogP contribution in [0.2, 0.25) is 0 Å². The molecule has 2 aromatic rings. The third-order valence-electron chi connectivity index (χ3n) is 5.30. The molecule has 0 saturated carbocycles. The second kappa shape index (κ2) is 11.8. The largest absolute Gasteiger partial charge is 0.477 e. The second-order valence-corrected chi connectivity index (χ2v) is 9.59. The maximum Gasteiger partial charge on any atom is 0.352 e. The quantitative estimate of drug-likeness (QED) is 0.0656. The van der Waals surface area contributed by atoms with Gasteiger partial charge in [0.1, 0.15) is 22.9 Å². The summed E-state index contributed by atoms with van der Waals surface area (Å²) in [5.41, 5.74) is 0.207. The predicted molar refractivity (Wildman–Crippen MR) is 134 cm³/mol. The molecule has 1 unspecified atom stereocenters. The number of aliphatic carboxylic acids is 1. The van der Waals surface area contributed by atoms with Crippen LogP contribution in [0.1, 0.15) is 5.82 Å². The minimum Gasteiger partial charge on any atom is -0.477 e. The minimum atomic E-state index is -1.21. The fourth-order valence-electron chi connectivity index (χ4n) is 3.72. The van der Waals surface area contributed by atoms with E-state index >= 15 is 0 Å². The van der Waals surface area contributed by atoms with Gasteiger partial charge in [-0.05, 0) is 12.3 Å². The molecule has 0 radical (unpaired) electrons. The van der Waals surface area contributed by atoms with Crippen molar-refractivity contribution in [1.82, 2.24) is 20.2 Å². The van der Waals surface area contributed by atoms with Gasteiger partial charge < -0.3 is 20.6 Å². The molecular formula is C22H22N7O6S2+. The molecule has 1 fully saturated rings. The number of nitrogens with one attached hydrogen (secondary N) is 2. The summed E-state index contributed by atoms with van der Waals surface area (Å²) in [5, 5.41) is 18.1. The van der Waals surface area contributed by atoms with Crippen LogP contribution in [-0.2, 0) is 30.6 Å². The molecule has 0 bridgehead atoms. The minimum absolute atomic E-state index is 0.0798. The molecule has 0 aliphatic carbocycles. The van der Waals surface area contributed by atoms with Crippen molar-refractivity contribution in [2.24, 2.45) is 5.16 Å². The van der Waals surface area contributed by atoms with Gasteiger partial charge in [-0.1, -0.05) is 11.2 Å². The maximum absolute atomic E-state index is 13.1. The fourth-order valence-corrected chi connectivity index (χ4v) is 5.21. The molecule has 0 aromatic carbocycles. The van der Waals surface area contributed by atoms with Crippen LogP contribution in [0.3, 0.4) is 0 Å². The van der Waals surface area contributed by atoms with Crippen LogP contribution in [0.15, 0.2) is 59.3 Å². The zero-order chi connectivity index (χ0) is 26.4. The summed E-state index contributed by atoms with van der Waals surface area (Å²) < 4.78 is 1.83. The van der Waals surface area contributed by atoms with Crippen molar-refractivity contribution in [2.45, 2.75) is 18.0 Å². The number of anilines is 1. The first kappa shape index (κ1) is 26.1. The van der Waals surface area contributed by atoms with E-state index in [1.165, 1.54) is 40.7 Å². The summed E-state index contributed by atoms with van der Waals surface area (Å²) in [6, 6.07) is 5.95. The smallest absolute Gasteiger partial charge is 0.352 e. The van der Waals surface area contributed by atoms with E-state index in [4.69, 9.17) is 4.84 Å². The Balaban J connectivity index is 1.54. The Kier molecular flexibility index (Phi) is 8.35. The number of nitrogens with zero attached hydrogens (tertiary/aromatic N) is 5. The number of carboxylic acids is 1.